The molecule has 0 aliphatic heterocycles. The molecule has 0 atom stereocenters. The molecule has 1 aliphatic carbocycles. The van der Waals surface area contributed by atoms with Gasteiger partial charge in [0.25, 0.3) is 17.1 Å². The number of hydrogen-bond acceptors (Lipinski definition) is 10. The number of nitrogens with zero attached hydrogens (tertiary/aromatic N) is 5. The number of rotatable bonds is 5. The van der Waals surface area contributed by atoms with Crippen LogP contribution in [0.15, 0.2) is 29.8 Å². The summed E-state index contributed by atoms with van der Waals surface area (Å²) >= 11 is 0. The van der Waals surface area contributed by atoms with E-state index in [0.29, 0.717) is 6.07 Å². The molecule has 0 unspecified atom stereocenters. The third kappa shape index (κ3) is 3.70. The Morgan fingerprint density at radius 2 is 1.39 bits per heavy atom. The van der Waals surface area contributed by atoms with Crippen LogP contribution in [-0.4, -0.2) is 26.8 Å². The molecule has 0 fully saturated rings. The van der Waals surface area contributed by atoms with Crippen molar-refractivity contribution < 1.29 is 24.3 Å². The molecule has 0 heterocycles. The van der Waals surface area contributed by atoms with Crippen LogP contribution in [0.2, 0.25) is 0 Å². The van der Waals surface area contributed by atoms with E-state index < -0.39 is 55.0 Å². The number of nitriles is 2. The molecule has 0 N–H and O–H groups in total. The average molecular weight is 449 g/mol. The zero-order chi connectivity index (χ0) is 24.6. The van der Waals surface area contributed by atoms with Crippen molar-refractivity contribution in [1.82, 2.24) is 0 Å². The summed E-state index contributed by atoms with van der Waals surface area (Å²) in [5, 5.41) is 53.6. The van der Waals surface area contributed by atoms with Crippen LogP contribution in [0.1, 0.15) is 35.3 Å². The van der Waals surface area contributed by atoms with Gasteiger partial charge in [0, 0.05) is 40.5 Å². The first kappa shape index (κ1) is 22.5. The molecule has 13 nitrogen and oxygen atoms in total. The van der Waals surface area contributed by atoms with Gasteiger partial charge in [-0.1, -0.05) is 0 Å². The molecule has 0 bridgehead atoms. The van der Waals surface area contributed by atoms with Crippen molar-refractivity contribution in [2.24, 2.45) is 0 Å². The maximum Gasteiger partial charge on any atom is 0.339 e. The van der Waals surface area contributed by atoms with Gasteiger partial charge < -0.3 is 4.74 Å². The molecule has 3 rings (SSSR count). The highest BCUT2D eigenvalue weighted by Crippen LogP contribution is 2.53. The highest BCUT2D eigenvalue weighted by Gasteiger charge is 2.40. The smallest absolute Gasteiger partial charge is 0.339 e. The molecular weight excluding hydrogens is 438 g/mol. The fourth-order valence-electron chi connectivity index (χ4n) is 3.51. The van der Waals surface area contributed by atoms with E-state index >= 15 is 0 Å². The van der Waals surface area contributed by atoms with Gasteiger partial charge in [-0.2, -0.15) is 10.5 Å². The first-order chi connectivity index (χ1) is 15.5. The summed E-state index contributed by atoms with van der Waals surface area (Å²) in [6.07, 6.45) is -0.649. The van der Waals surface area contributed by atoms with Crippen LogP contribution < -0.4 is 0 Å². The number of nitro groups is 3. The third-order valence-electron chi connectivity index (χ3n) is 4.67. The number of ether oxygens (including phenoxy) is 1. The lowest BCUT2D eigenvalue weighted by Gasteiger charge is -2.12. The number of nitro benzene ring substituents is 3. The second-order valence-electron chi connectivity index (χ2n) is 7.00. The summed E-state index contributed by atoms with van der Waals surface area (Å²) in [5.41, 5.74) is -4.34. The normalized spacial score (nSPS) is 11.1. The van der Waals surface area contributed by atoms with Gasteiger partial charge in [0.05, 0.1) is 38.1 Å². The lowest BCUT2D eigenvalue weighted by Crippen LogP contribution is -2.13. The summed E-state index contributed by atoms with van der Waals surface area (Å²) in [6.45, 7) is 3.04. The number of carbonyl (C=O) groups is 1. The number of non-ortho nitro benzene ring substituents is 2. The molecule has 2 aromatic carbocycles. The zero-order valence-electron chi connectivity index (χ0n) is 16.9. The maximum absolute atomic E-state index is 12.8. The van der Waals surface area contributed by atoms with E-state index in [1.165, 1.54) is 13.8 Å². The van der Waals surface area contributed by atoms with E-state index in [2.05, 4.69) is 0 Å². The first-order valence-corrected chi connectivity index (χ1v) is 9.07. The molecule has 13 heteroatoms. The van der Waals surface area contributed by atoms with Gasteiger partial charge in [-0.05, 0) is 13.8 Å². The van der Waals surface area contributed by atoms with E-state index in [1.807, 2.05) is 0 Å². The minimum absolute atomic E-state index is 0.194. The second kappa shape index (κ2) is 8.16. The predicted octanol–water partition coefficient (Wildman–Crippen LogP) is 3.81. The van der Waals surface area contributed by atoms with E-state index in [1.54, 1.807) is 12.1 Å². The van der Waals surface area contributed by atoms with Gasteiger partial charge in [0.1, 0.15) is 17.7 Å². The van der Waals surface area contributed by atoms with Crippen molar-refractivity contribution in [3.63, 3.8) is 0 Å². The number of carbonyl (C=O) groups excluding carboxylic acids is 1. The Labute approximate surface area is 184 Å². The summed E-state index contributed by atoms with van der Waals surface area (Å²) in [5.74, 6) is -1.04. The predicted molar refractivity (Wildman–Crippen MR) is 110 cm³/mol. The largest absolute Gasteiger partial charge is 0.459 e. The molecule has 164 valence electrons. The van der Waals surface area contributed by atoms with Gasteiger partial charge in [-0.15, -0.1) is 0 Å². The van der Waals surface area contributed by atoms with Gasteiger partial charge >= 0.3 is 5.97 Å². The Hall–Kier alpha value is -5.17. The molecule has 33 heavy (non-hydrogen) atoms. The Kier molecular flexibility index (Phi) is 5.57. The van der Waals surface area contributed by atoms with Crippen molar-refractivity contribution in [2.75, 3.05) is 0 Å². The molecule has 0 amide bonds. The Morgan fingerprint density at radius 1 is 0.879 bits per heavy atom. The van der Waals surface area contributed by atoms with Crippen LogP contribution in [0.3, 0.4) is 0 Å². The van der Waals surface area contributed by atoms with Gasteiger partial charge in [-0.25, -0.2) is 4.79 Å². The average Bonchev–Trinajstić information content (AvgIpc) is 3.07. The van der Waals surface area contributed by atoms with Crippen LogP contribution in [0, 0.1) is 53.0 Å². The molecule has 2 aromatic rings. The van der Waals surface area contributed by atoms with E-state index in [9.17, 15) is 45.7 Å². The molecule has 0 saturated carbocycles. The highest BCUT2D eigenvalue weighted by atomic mass is 16.6. The molecule has 0 aromatic heterocycles. The van der Waals surface area contributed by atoms with Crippen LogP contribution >= 0.6 is 0 Å². The zero-order valence-corrected chi connectivity index (χ0v) is 16.9. The Bertz CT molecular complexity index is 1380. The summed E-state index contributed by atoms with van der Waals surface area (Å²) < 4.78 is 5.14. The number of benzene rings is 2. The standard InChI is InChI=1S/C20H11N5O8/c1-9(2)33-20(26)15-5-11(23(27)28)3-13-17(10(7-21)8-22)14-4-12(24(29)30)6-16(25(31)32)19(14)18(13)15/h3-6,9H,1-2H3. The number of esters is 1. The quantitative estimate of drug-likeness (QED) is 0.238. The van der Waals surface area contributed by atoms with Crippen LogP contribution in [0.4, 0.5) is 17.1 Å². The van der Waals surface area contributed by atoms with Gasteiger partial charge in [0.2, 0.25) is 0 Å². The molecule has 0 saturated heterocycles. The second-order valence-corrected chi connectivity index (χ2v) is 7.00. The monoisotopic (exact) mass is 449 g/mol. The third-order valence-corrected chi connectivity index (χ3v) is 4.67. The minimum Gasteiger partial charge on any atom is -0.459 e. The van der Waals surface area contributed by atoms with Crippen LogP contribution in [-0.2, 0) is 4.74 Å². The number of allylic oxidation sites excluding steroid dienone is 1. The Morgan fingerprint density at radius 3 is 1.85 bits per heavy atom. The van der Waals surface area contributed by atoms with Crippen molar-refractivity contribution >= 4 is 28.6 Å². The fourth-order valence-corrected chi connectivity index (χ4v) is 3.51. The fraction of sp³-hybridized carbons (Fsp3) is 0.150. The first-order valence-electron chi connectivity index (χ1n) is 9.07. The van der Waals surface area contributed by atoms with Crippen molar-refractivity contribution in [3.8, 4) is 23.3 Å². The van der Waals surface area contributed by atoms with Gasteiger partial charge in [-0.3, -0.25) is 30.3 Å². The summed E-state index contributed by atoms with van der Waals surface area (Å²) in [4.78, 5) is 44.9. The van der Waals surface area contributed by atoms with E-state index in [4.69, 9.17) is 4.74 Å². The lowest BCUT2D eigenvalue weighted by molar-refractivity contribution is -0.393. The molecule has 0 radical (unpaired) electrons. The minimum atomic E-state index is -1.04. The van der Waals surface area contributed by atoms with Crippen LogP contribution in [0.25, 0.3) is 16.7 Å². The molecule has 0 spiro atoms. The topological polar surface area (TPSA) is 203 Å². The van der Waals surface area contributed by atoms with Gasteiger partial charge in [0.15, 0.2) is 0 Å². The van der Waals surface area contributed by atoms with Crippen LogP contribution in [0.5, 0.6) is 0 Å². The number of hydrogen-bond donors (Lipinski definition) is 0. The lowest BCUT2D eigenvalue weighted by atomic mass is 9.96. The summed E-state index contributed by atoms with van der Waals surface area (Å²) in [6, 6.07) is 6.58. The molecular formula is C20H11N5O8. The van der Waals surface area contributed by atoms with Crippen molar-refractivity contribution in [3.05, 3.63) is 76.9 Å². The highest BCUT2D eigenvalue weighted by molar-refractivity contribution is 6.13. The molecule has 1 aliphatic rings. The summed E-state index contributed by atoms with van der Waals surface area (Å²) in [7, 11) is 0. The Balaban J connectivity index is 2.62. The van der Waals surface area contributed by atoms with E-state index in [0.717, 1.165) is 18.2 Å². The van der Waals surface area contributed by atoms with Crippen molar-refractivity contribution in [1.29, 1.82) is 10.5 Å². The van der Waals surface area contributed by atoms with E-state index in [-0.39, 0.29) is 27.8 Å². The SMILES string of the molecule is CC(C)OC(=O)c1cc([N+](=O)[O-])cc2c1-c1c(cc([N+](=O)[O-])cc1[N+](=O)[O-])C2=C(C#N)C#N. The number of fused-ring (bicyclic) bond motifs is 3. The van der Waals surface area contributed by atoms with Crippen molar-refractivity contribution in [2.45, 2.75) is 20.0 Å². The maximum atomic E-state index is 12.8.